The van der Waals surface area contributed by atoms with Crippen LogP contribution in [0.1, 0.15) is 13.8 Å². The van der Waals surface area contributed by atoms with Gasteiger partial charge < -0.3 is 4.74 Å². The topological polar surface area (TPSA) is 12.5 Å². The monoisotopic (exact) mass is 98.1 g/mol. The normalized spacial score (nSPS) is 34.9. The van der Waals surface area contributed by atoms with Crippen molar-refractivity contribution in [1.29, 1.82) is 0 Å². The van der Waals surface area contributed by atoms with Gasteiger partial charge in [-0.1, -0.05) is 6.08 Å². The zero-order valence-electron chi connectivity index (χ0n) is 4.77. The van der Waals surface area contributed by atoms with Gasteiger partial charge in [-0.3, -0.25) is 0 Å². The van der Waals surface area contributed by atoms with Crippen LogP contribution in [0.5, 0.6) is 0 Å². The van der Waals surface area contributed by atoms with Crippen molar-refractivity contribution in [2.75, 3.05) is 0 Å². The summed E-state index contributed by atoms with van der Waals surface area (Å²) in [6.45, 7) is 7.70. The summed E-state index contributed by atoms with van der Waals surface area (Å²) in [5.74, 6) is 0. The molecule has 1 saturated heterocycles. The highest BCUT2D eigenvalue weighted by atomic mass is 16.6. The van der Waals surface area contributed by atoms with Crippen LogP contribution in [0.4, 0.5) is 0 Å². The molecule has 0 N–H and O–H groups in total. The Morgan fingerprint density at radius 3 is 2.14 bits per heavy atom. The molecule has 1 heteroatoms. The Labute approximate surface area is 44.0 Å². The predicted molar refractivity (Wildman–Crippen MR) is 29.1 cm³/mol. The van der Waals surface area contributed by atoms with Gasteiger partial charge in [-0.05, 0) is 13.8 Å². The zero-order chi connectivity index (χ0) is 5.49. The van der Waals surface area contributed by atoms with Gasteiger partial charge in [0, 0.05) is 0 Å². The smallest absolute Gasteiger partial charge is 0.105 e. The van der Waals surface area contributed by atoms with E-state index in [4.69, 9.17) is 4.74 Å². The van der Waals surface area contributed by atoms with Gasteiger partial charge in [-0.25, -0.2) is 0 Å². The summed E-state index contributed by atoms with van der Waals surface area (Å²) in [6.07, 6.45) is 2.15. The summed E-state index contributed by atoms with van der Waals surface area (Å²) in [4.78, 5) is 0. The van der Waals surface area contributed by atoms with Crippen LogP contribution in [0.15, 0.2) is 12.7 Å². The molecule has 7 heavy (non-hydrogen) atoms. The first-order valence-corrected chi connectivity index (χ1v) is 2.47. The second kappa shape index (κ2) is 1.10. The quantitative estimate of drug-likeness (QED) is 0.356. The third-order valence-electron chi connectivity index (χ3n) is 1.27. The second-order valence-electron chi connectivity index (χ2n) is 2.38. The van der Waals surface area contributed by atoms with Crippen LogP contribution in [-0.2, 0) is 4.74 Å². The zero-order valence-corrected chi connectivity index (χ0v) is 4.77. The average molecular weight is 98.1 g/mol. The first kappa shape index (κ1) is 4.85. The molecule has 0 aromatic heterocycles. The maximum Gasteiger partial charge on any atom is 0.105 e. The van der Waals surface area contributed by atoms with Gasteiger partial charge in [-0.2, -0.15) is 0 Å². The molecule has 0 aliphatic carbocycles. The molecule has 1 aliphatic heterocycles. The molecule has 0 spiro atoms. The minimum Gasteiger partial charge on any atom is -0.362 e. The summed E-state index contributed by atoms with van der Waals surface area (Å²) in [5, 5.41) is 0. The van der Waals surface area contributed by atoms with E-state index in [1.165, 1.54) is 0 Å². The fourth-order valence-electron chi connectivity index (χ4n) is 0.625. The second-order valence-corrected chi connectivity index (χ2v) is 2.38. The minimum atomic E-state index is 0.0990. The molecule has 1 heterocycles. The van der Waals surface area contributed by atoms with Crippen LogP contribution in [0, 0.1) is 0 Å². The lowest BCUT2D eigenvalue weighted by molar-refractivity contribution is 0.333. The number of rotatable bonds is 1. The molecule has 0 bridgehead atoms. The van der Waals surface area contributed by atoms with E-state index in [0.717, 1.165) is 0 Å². The van der Waals surface area contributed by atoms with Gasteiger partial charge in [0.1, 0.15) is 6.10 Å². The van der Waals surface area contributed by atoms with Crippen molar-refractivity contribution in [3.8, 4) is 0 Å². The number of hydrogen-bond acceptors (Lipinski definition) is 1. The van der Waals surface area contributed by atoms with E-state index in [1.807, 2.05) is 6.08 Å². The van der Waals surface area contributed by atoms with Crippen LogP contribution in [0.25, 0.3) is 0 Å². The molecular weight excluding hydrogens is 88.1 g/mol. The third kappa shape index (κ3) is 0.682. The Kier molecular flexibility index (Phi) is 0.762. The highest BCUT2D eigenvalue weighted by Gasteiger charge is 2.45. The number of epoxide rings is 1. The predicted octanol–water partition coefficient (Wildman–Crippen LogP) is 1.35. The molecule has 0 saturated carbocycles. The van der Waals surface area contributed by atoms with E-state index in [2.05, 4.69) is 20.4 Å². The van der Waals surface area contributed by atoms with Gasteiger partial charge in [-0.15, -0.1) is 6.58 Å². The largest absolute Gasteiger partial charge is 0.362 e. The maximum atomic E-state index is 5.14. The molecule has 1 atom stereocenters. The molecule has 1 fully saturated rings. The van der Waals surface area contributed by atoms with Gasteiger partial charge in [0.25, 0.3) is 0 Å². The van der Waals surface area contributed by atoms with E-state index in [1.54, 1.807) is 0 Å². The summed E-state index contributed by atoms with van der Waals surface area (Å²) in [6, 6.07) is 0. The van der Waals surface area contributed by atoms with Crippen molar-refractivity contribution in [3.05, 3.63) is 12.7 Å². The van der Waals surface area contributed by atoms with Crippen LogP contribution in [-0.4, -0.2) is 11.7 Å². The number of ether oxygens (including phenoxy) is 1. The Balaban J connectivity index is 2.44. The Bertz CT molecular complexity index is 94.4. The highest BCUT2D eigenvalue weighted by molar-refractivity contribution is 5.05. The standard InChI is InChI=1S/C6H10O/c1-4-5-6(2,3)7-5/h4-5H,1H2,2-3H3. The van der Waals surface area contributed by atoms with E-state index in [-0.39, 0.29) is 5.60 Å². The molecule has 1 nitrogen and oxygen atoms in total. The van der Waals surface area contributed by atoms with Gasteiger partial charge in [0.05, 0.1) is 5.60 Å². The maximum absolute atomic E-state index is 5.14. The molecule has 1 unspecified atom stereocenters. The molecule has 0 amide bonds. The van der Waals surface area contributed by atoms with Crippen LogP contribution < -0.4 is 0 Å². The first-order valence-electron chi connectivity index (χ1n) is 2.47. The summed E-state index contributed by atoms with van der Waals surface area (Å²) < 4.78 is 5.14. The van der Waals surface area contributed by atoms with Crippen LogP contribution in [0.2, 0.25) is 0 Å². The Morgan fingerprint density at radius 2 is 2.14 bits per heavy atom. The molecule has 0 aromatic carbocycles. The van der Waals surface area contributed by atoms with Gasteiger partial charge in [0.15, 0.2) is 0 Å². The molecule has 1 rings (SSSR count). The lowest BCUT2D eigenvalue weighted by atomic mass is 10.1. The summed E-state index contributed by atoms with van der Waals surface area (Å²) in [7, 11) is 0. The van der Waals surface area contributed by atoms with Crippen LogP contribution in [0.3, 0.4) is 0 Å². The fraction of sp³-hybridized carbons (Fsp3) is 0.667. The van der Waals surface area contributed by atoms with Crippen LogP contribution >= 0.6 is 0 Å². The highest BCUT2D eigenvalue weighted by Crippen LogP contribution is 2.35. The van der Waals surface area contributed by atoms with Crippen molar-refractivity contribution in [3.63, 3.8) is 0 Å². The third-order valence-corrected chi connectivity index (χ3v) is 1.27. The first-order chi connectivity index (χ1) is 3.17. The minimum absolute atomic E-state index is 0.0990. The van der Waals surface area contributed by atoms with E-state index in [0.29, 0.717) is 6.10 Å². The molecule has 1 aliphatic rings. The van der Waals surface area contributed by atoms with Gasteiger partial charge in [0.2, 0.25) is 0 Å². The molecule has 0 aromatic rings. The lowest BCUT2D eigenvalue weighted by Crippen LogP contribution is -1.98. The SMILES string of the molecule is C=CC1OC1(C)C. The molecule has 0 radical (unpaired) electrons. The van der Waals surface area contributed by atoms with E-state index < -0.39 is 0 Å². The van der Waals surface area contributed by atoms with Crippen molar-refractivity contribution in [2.24, 2.45) is 0 Å². The van der Waals surface area contributed by atoms with E-state index >= 15 is 0 Å². The Morgan fingerprint density at radius 1 is 1.71 bits per heavy atom. The van der Waals surface area contributed by atoms with Crippen molar-refractivity contribution in [1.82, 2.24) is 0 Å². The fourth-order valence-corrected chi connectivity index (χ4v) is 0.625. The average Bonchev–Trinajstić information content (AvgIpc) is 2.13. The van der Waals surface area contributed by atoms with Crippen molar-refractivity contribution in [2.45, 2.75) is 25.6 Å². The summed E-state index contributed by atoms with van der Waals surface area (Å²) in [5.41, 5.74) is 0.0990. The lowest BCUT2D eigenvalue weighted by Gasteiger charge is -1.85. The molecular formula is C6H10O. The Hall–Kier alpha value is -0.300. The van der Waals surface area contributed by atoms with Gasteiger partial charge >= 0.3 is 0 Å². The van der Waals surface area contributed by atoms with Crippen molar-refractivity contribution < 1.29 is 4.74 Å². The molecule has 40 valence electrons. The van der Waals surface area contributed by atoms with Crippen molar-refractivity contribution >= 4 is 0 Å². The number of hydrogen-bond donors (Lipinski definition) is 0. The van der Waals surface area contributed by atoms with E-state index in [9.17, 15) is 0 Å². The summed E-state index contributed by atoms with van der Waals surface area (Å²) >= 11 is 0.